The van der Waals surface area contributed by atoms with E-state index in [2.05, 4.69) is 16.0 Å². The smallest absolute Gasteiger partial charge is 0.172 e. The van der Waals surface area contributed by atoms with Crippen molar-refractivity contribution in [2.24, 2.45) is 0 Å². The molecule has 90 valence electrons. The highest BCUT2D eigenvalue weighted by molar-refractivity contribution is 6.02. The van der Waals surface area contributed by atoms with E-state index >= 15 is 0 Å². The van der Waals surface area contributed by atoms with Gasteiger partial charge in [0.25, 0.3) is 0 Å². The van der Waals surface area contributed by atoms with Crippen molar-refractivity contribution < 1.29 is 4.79 Å². The number of Topliss-reactive ketones (excluding diaryl/α,β-unsaturated/α-hetero) is 1. The van der Waals surface area contributed by atoms with Crippen LogP contribution in [0.15, 0.2) is 36.8 Å². The standard InChI is InChI=1S/C15H14N2O/c1-10-9-16-8-6-12(10)15(18)13-5-4-11-3-2-7-17-14(11)13/h2-3,6-9,13H,4-5H2,1H3. The van der Waals surface area contributed by atoms with Gasteiger partial charge in [-0.25, -0.2) is 0 Å². The maximum absolute atomic E-state index is 12.6. The first-order valence-electron chi connectivity index (χ1n) is 6.16. The van der Waals surface area contributed by atoms with Crippen LogP contribution in [0.3, 0.4) is 0 Å². The SMILES string of the molecule is Cc1cnccc1C(=O)C1CCc2cccnc21. The fraction of sp³-hybridized carbons (Fsp3) is 0.267. The van der Waals surface area contributed by atoms with Gasteiger partial charge in [-0.1, -0.05) is 6.07 Å². The van der Waals surface area contributed by atoms with Crippen LogP contribution in [0.4, 0.5) is 0 Å². The zero-order valence-corrected chi connectivity index (χ0v) is 10.3. The molecule has 2 aromatic heterocycles. The van der Waals surface area contributed by atoms with Crippen LogP contribution >= 0.6 is 0 Å². The molecule has 2 aromatic rings. The van der Waals surface area contributed by atoms with E-state index in [0.29, 0.717) is 0 Å². The Labute approximate surface area is 106 Å². The maximum Gasteiger partial charge on any atom is 0.172 e. The van der Waals surface area contributed by atoms with Gasteiger partial charge in [0.2, 0.25) is 0 Å². The lowest BCUT2D eigenvalue weighted by molar-refractivity contribution is 0.0957. The second kappa shape index (κ2) is 4.33. The molecular formula is C15H14N2O. The number of aryl methyl sites for hydroxylation is 2. The van der Waals surface area contributed by atoms with Crippen LogP contribution in [0.25, 0.3) is 0 Å². The minimum absolute atomic E-state index is 0.0812. The summed E-state index contributed by atoms with van der Waals surface area (Å²) in [6, 6.07) is 5.80. The number of pyridine rings is 2. The summed E-state index contributed by atoms with van der Waals surface area (Å²) in [4.78, 5) is 21.0. The van der Waals surface area contributed by atoms with Gasteiger partial charge in [-0.15, -0.1) is 0 Å². The Morgan fingerprint density at radius 2 is 2.22 bits per heavy atom. The van der Waals surface area contributed by atoms with Crippen molar-refractivity contribution in [2.45, 2.75) is 25.7 Å². The van der Waals surface area contributed by atoms with E-state index in [-0.39, 0.29) is 11.7 Å². The van der Waals surface area contributed by atoms with Crippen LogP contribution in [0.1, 0.15) is 39.5 Å². The molecule has 0 aromatic carbocycles. The zero-order chi connectivity index (χ0) is 12.5. The van der Waals surface area contributed by atoms with E-state index in [1.54, 1.807) is 24.7 Å². The van der Waals surface area contributed by atoms with Gasteiger partial charge in [0.1, 0.15) is 0 Å². The van der Waals surface area contributed by atoms with E-state index in [1.807, 2.05) is 13.0 Å². The molecule has 1 aliphatic rings. The van der Waals surface area contributed by atoms with Crippen LogP contribution < -0.4 is 0 Å². The summed E-state index contributed by atoms with van der Waals surface area (Å²) in [5.41, 5.74) is 3.88. The minimum atomic E-state index is -0.0812. The van der Waals surface area contributed by atoms with Gasteiger partial charge in [-0.2, -0.15) is 0 Å². The Morgan fingerprint density at radius 1 is 1.33 bits per heavy atom. The van der Waals surface area contributed by atoms with E-state index < -0.39 is 0 Å². The molecule has 0 spiro atoms. The van der Waals surface area contributed by atoms with Crippen molar-refractivity contribution in [3.8, 4) is 0 Å². The number of nitrogens with zero attached hydrogens (tertiary/aromatic N) is 2. The average molecular weight is 238 g/mol. The minimum Gasteiger partial charge on any atom is -0.293 e. The van der Waals surface area contributed by atoms with E-state index in [9.17, 15) is 4.79 Å². The van der Waals surface area contributed by atoms with Crippen LogP contribution in [0.5, 0.6) is 0 Å². The van der Waals surface area contributed by atoms with Crippen molar-refractivity contribution in [1.29, 1.82) is 0 Å². The van der Waals surface area contributed by atoms with Crippen molar-refractivity contribution >= 4 is 5.78 Å². The van der Waals surface area contributed by atoms with Gasteiger partial charge >= 0.3 is 0 Å². The predicted molar refractivity (Wildman–Crippen MR) is 68.6 cm³/mol. The van der Waals surface area contributed by atoms with Crippen LogP contribution in [-0.2, 0) is 6.42 Å². The van der Waals surface area contributed by atoms with E-state index in [1.165, 1.54) is 5.56 Å². The molecule has 1 unspecified atom stereocenters. The second-order valence-corrected chi connectivity index (χ2v) is 4.69. The lowest BCUT2D eigenvalue weighted by atomic mass is 9.93. The number of carbonyl (C=O) groups is 1. The average Bonchev–Trinajstić information content (AvgIpc) is 2.82. The van der Waals surface area contributed by atoms with Gasteiger partial charge in [-0.05, 0) is 43.0 Å². The summed E-state index contributed by atoms with van der Waals surface area (Å²) in [7, 11) is 0. The highest BCUT2D eigenvalue weighted by Crippen LogP contribution is 2.34. The van der Waals surface area contributed by atoms with Gasteiger partial charge in [0.15, 0.2) is 5.78 Å². The molecule has 2 heterocycles. The van der Waals surface area contributed by atoms with Gasteiger partial charge in [0, 0.05) is 24.2 Å². The Morgan fingerprint density at radius 3 is 3.06 bits per heavy atom. The molecule has 3 heteroatoms. The summed E-state index contributed by atoms with van der Waals surface area (Å²) in [5, 5.41) is 0. The Kier molecular flexibility index (Phi) is 2.67. The van der Waals surface area contributed by atoms with E-state index in [0.717, 1.165) is 29.7 Å². The summed E-state index contributed by atoms with van der Waals surface area (Å²) in [6.45, 7) is 1.93. The first-order valence-corrected chi connectivity index (χ1v) is 6.16. The molecule has 0 saturated heterocycles. The second-order valence-electron chi connectivity index (χ2n) is 4.69. The zero-order valence-electron chi connectivity index (χ0n) is 10.3. The summed E-state index contributed by atoms with van der Waals surface area (Å²) < 4.78 is 0. The van der Waals surface area contributed by atoms with Crippen LogP contribution in [0, 0.1) is 6.92 Å². The van der Waals surface area contributed by atoms with Crippen LogP contribution in [-0.4, -0.2) is 15.8 Å². The first kappa shape index (κ1) is 11.1. The molecule has 0 N–H and O–H groups in total. The Balaban J connectivity index is 1.99. The maximum atomic E-state index is 12.6. The van der Waals surface area contributed by atoms with Crippen LogP contribution in [0.2, 0.25) is 0 Å². The fourth-order valence-electron chi connectivity index (χ4n) is 2.61. The molecule has 0 bridgehead atoms. The Bertz CT molecular complexity index is 607. The number of aromatic nitrogens is 2. The van der Waals surface area contributed by atoms with Gasteiger partial charge in [0.05, 0.1) is 11.6 Å². The topological polar surface area (TPSA) is 42.9 Å². The third kappa shape index (κ3) is 1.72. The lowest BCUT2D eigenvalue weighted by Gasteiger charge is -2.11. The quantitative estimate of drug-likeness (QED) is 0.755. The molecule has 0 radical (unpaired) electrons. The molecule has 0 aliphatic heterocycles. The van der Waals surface area contributed by atoms with Crippen molar-refractivity contribution in [3.05, 3.63) is 59.2 Å². The van der Waals surface area contributed by atoms with Gasteiger partial charge < -0.3 is 0 Å². The molecule has 18 heavy (non-hydrogen) atoms. The fourth-order valence-corrected chi connectivity index (χ4v) is 2.61. The number of hydrogen-bond acceptors (Lipinski definition) is 3. The van der Waals surface area contributed by atoms with Crippen molar-refractivity contribution in [1.82, 2.24) is 9.97 Å². The molecule has 1 aliphatic carbocycles. The molecule has 0 fully saturated rings. The van der Waals surface area contributed by atoms with E-state index in [4.69, 9.17) is 0 Å². The normalized spacial score (nSPS) is 17.5. The molecule has 0 saturated carbocycles. The third-order valence-electron chi connectivity index (χ3n) is 3.56. The van der Waals surface area contributed by atoms with Gasteiger partial charge in [-0.3, -0.25) is 14.8 Å². The largest absolute Gasteiger partial charge is 0.293 e. The molecular weight excluding hydrogens is 224 g/mol. The molecule has 1 atom stereocenters. The number of carbonyl (C=O) groups excluding carboxylic acids is 1. The summed E-state index contributed by atoms with van der Waals surface area (Å²) in [6.07, 6.45) is 7.00. The lowest BCUT2D eigenvalue weighted by Crippen LogP contribution is -2.12. The Hall–Kier alpha value is -2.03. The summed E-state index contributed by atoms with van der Waals surface area (Å²) >= 11 is 0. The monoisotopic (exact) mass is 238 g/mol. The summed E-state index contributed by atoms with van der Waals surface area (Å²) in [5.74, 6) is 0.0923. The van der Waals surface area contributed by atoms with Crippen molar-refractivity contribution in [2.75, 3.05) is 0 Å². The number of hydrogen-bond donors (Lipinski definition) is 0. The highest BCUT2D eigenvalue weighted by atomic mass is 16.1. The molecule has 3 nitrogen and oxygen atoms in total. The molecule has 0 amide bonds. The number of fused-ring (bicyclic) bond motifs is 1. The van der Waals surface area contributed by atoms with Crippen molar-refractivity contribution in [3.63, 3.8) is 0 Å². The highest BCUT2D eigenvalue weighted by Gasteiger charge is 2.30. The predicted octanol–water partition coefficient (Wildman–Crippen LogP) is 2.70. The number of rotatable bonds is 2. The third-order valence-corrected chi connectivity index (χ3v) is 3.56. The first-order chi connectivity index (χ1) is 8.77. The number of ketones is 1. The molecule has 3 rings (SSSR count).